The zero-order valence-electron chi connectivity index (χ0n) is 11.0. The average Bonchev–Trinajstić information content (AvgIpc) is 2.86. The highest BCUT2D eigenvalue weighted by Gasteiger charge is 2.18. The van der Waals surface area contributed by atoms with E-state index in [9.17, 15) is 0 Å². The summed E-state index contributed by atoms with van der Waals surface area (Å²) >= 11 is 0. The van der Waals surface area contributed by atoms with E-state index in [1.54, 1.807) is 0 Å². The fourth-order valence-electron chi connectivity index (χ4n) is 2.30. The molecule has 17 heavy (non-hydrogen) atoms. The zero-order chi connectivity index (χ0) is 12.7. The molecule has 0 aromatic rings. The highest BCUT2D eigenvalue weighted by Crippen LogP contribution is 2.21. The summed E-state index contributed by atoms with van der Waals surface area (Å²) in [7, 11) is 2.20. The van der Waals surface area contributed by atoms with Crippen LogP contribution in [0.15, 0.2) is 5.16 Å². The zero-order valence-corrected chi connectivity index (χ0v) is 11.0. The first-order valence-electron chi connectivity index (χ1n) is 6.53. The van der Waals surface area contributed by atoms with Gasteiger partial charge in [-0.05, 0) is 19.9 Å². The third-order valence-corrected chi connectivity index (χ3v) is 3.66. The van der Waals surface area contributed by atoms with Crippen LogP contribution in [0.5, 0.6) is 0 Å². The second kappa shape index (κ2) is 7.50. The Morgan fingerprint density at radius 2 is 2.18 bits per heavy atom. The van der Waals surface area contributed by atoms with Crippen molar-refractivity contribution in [1.82, 2.24) is 10.2 Å². The van der Waals surface area contributed by atoms with Crippen LogP contribution in [0.4, 0.5) is 0 Å². The van der Waals surface area contributed by atoms with Crippen molar-refractivity contribution < 1.29 is 5.21 Å². The van der Waals surface area contributed by atoms with Crippen molar-refractivity contribution >= 4 is 5.84 Å². The number of likely N-dealkylation sites (N-methyl/N-ethyl adjacent to an activating group) is 1. The molecule has 0 heterocycles. The quantitative estimate of drug-likeness (QED) is 0.203. The summed E-state index contributed by atoms with van der Waals surface area (Å²) in [4.78, 5) is 2.44. The van der Waals surface area contributed by atoms with E-state index in [0.717, 1.165) is 25.7 Å². The molecule has 1 aliphatic carbocycles. The van der Waals surface area contributed by atoms with Crippen molar-refractivity contribution in [2.45, 2.75) is 38.6 Å². The fourth-order valence-corrected chi connectivity index (χ4v) is 2.30. The first kappa shape index (κ1) is 14.3. The molecule has 0 aromatic heterocycles. The average molecular weight is 242 g/mol. The molecule has 0 radical (unpaired) electrons. The van der Waals surface area contributed by atoms with Crippen LogP contribution in [0, 0.1) is 5.92 Å². The normalized spacial score (nSPS) is 20.1. The summed E-state index contributed by atoms with van der Waals surface area (Å²) in [6.07, 6.45) is 5.44. The number of nitrogens with one attached hydrogen (secondary N) is 1. The van der Waals surface area contributed by atoms with Gasteiger partial charge >= 0.3 is 0 Å². The van der Waals surface area contributed by atoms with Gasteiger partial charge in [-0.2, -0.15) is 0 Å². The standard InChI is InChI=1S/C12H26N4O/c1-10(12(13)15-17)9-14-7-8-16(2)11-5-3-4-6-11/h10-11,14,17H,3-9H2,1-2H3,(H2,13,15). The molecule has 1 unspecified atom stereocenters. The van der Waals surface area contributed by atoms with Crippen molar-refractivity contribution in [3.05, 3.63) is 0 Å². The highest BCUT2D eigenvalue weighted by atomic mass is 16.4. The molecule has 0 aliphatic heterocycles. The smallest absolute Gasteiger partial charge is 0.143 e. The number of oxime groups is 1. The molecule has 100 valence electrons. The van der Waals surface area contributed by atoms with Gasteiger partial charge in [-0.3, -0.25) is 0 Å². The third kappa shape index (κ3) is 4.91. The first-order valence-corrected chi connectivity index (χ1v) is 6.53. The summed E-state index contributed by atoms with van der Waals surface area (Å²) in [5.74, 6) is 0.374. The summed E-state index contributed by atoms with van der Waals surface area (Å²) in [6, 6.07) is 0.776. The summed E-state index contributed by atoms with van der Waals surface area (Å²) in [5, 5.41) is 14.9. The Morgan fingerprint density at radius 3 is 2.76 bits per heavy atom. The van der Waals surface area contributed by atoms with Crippen LogP contribution in [0.3, 0.4) is 0 Å². The SMILES string of the molecule is CC(CNCCN(C)C1CCCC1)C(N)=NO. The Balaban J connectivity index is 2.07. The number of amidine groups is 1. The summed E-state index contributed by atoms with van der Waals surface area (Å²) in [6.45, 7) is 4.72. The van der Waals surface area contributed by atoms with E-state index in [1.165, 1.54) is 25.7 Å². The molecule has 1 aliphatic rings. The summed E-state index contributed by atoms with van der Waals surface area (Å²) < 4.78 is 0. The molecule has 5 heteroatoms. The topological polar surface area (TPSA) is 73.9 Å². The van der Waals surface area contributed by atoms with Crippen molar-refractivity contribution in [2.24, 2.45) is 16.8 Å². The van der Waals surface area contributed by atoms with Crippen molar-refractivity contribution in [2.75, 3.05) is 26.7 Å². The Labute approximate surface area is 104 Å². The number of nitrogens with two attached hydrogens (primary N) is 1. The van der Waals surface area contributed by atoms with Crippen LogP contribution < -0.4 is 11.1 Å². The maximum absolute atomic E-state index is 8.52. The van der Waals surface area contributed by atoms with Gasteiger partial charge in [0.15, 0.2) is 0 Å². The van der Waals surface area contributed by atoms with Crippen LogP contribution in [-0.4, -0.2) is 48.7 Å². The number of hydrogen-bond acceptors (Lipinski definition) is 4. The molecule has 1 rings (SSSR count). The molecular weight excluding hydrogens is 216 g/mol. The Bertz CT molecular complexity index is 239. The molecule has 4 N–H and O–H groups in total. The van der Waals surface area contributed by atoms with Crippen LogP contribution in [0.2, 0.25) is 0 Å². The number of nitrogens with zero attached hydrogens (tertiary/aromatic N) is 2. The van der Waals surface area contributed by atoms with Crippen LogP contribution in [-0.2, 0) is 0 Å². The Morgan fingerprint density at radius 1 is 1.53 bits per heavy atom. The summed E-state index contributed by atoms with van der Waals surface area (Å²) in [5.41, 5.74) is 5.51. The Kier molecular flexibility index (Phi) is 6.29. The Hall–Kier alpha value is -0.810. The molecule has 1 fully saturated rings. The van der Waals surface area contributed by atoms with Crippen LogP contribution in [0.25, 0.3) is 0 Å². The van der Waals surface area contributed by atoms with Gasteiger partial charge in [0.1, 0.15) is 5.84 Å². The molecule has 0 amide bonds. The lowest BCUT2D eigenvalue weighted by Crippen LogP contribution is -2.38. The van der Waals surface area contributed by atoms with Crippen molar-refractivity contribution in [1.29, 1.82) is 0 Å². The van der Waals surface area contributed by atoms with Crippen molar-refractivity contribution in [3.63, 3.8) is 0 Å². The number of hydrogen-bond donors (Lipinski definition) is 3. The predicted molar refractivity (Wildman–Crippen MR) is 70.3 cm³/mol. The van der Waals surface area contributed by atoms with Crippen LogP contribution >= 0.6 is 0 Å². The first-order chi connectivity index (χ1) is 8.15. The molecule has 0 spiro atoms. The predicted octanol–water partition coefficient (Wildman–Crippen LogP) is 0.833. The molecule has 0 aromatic carbocycles. The largest absolute Gasteiger partial charge is 0.409 e. The van der Waals surface area contributed by atoms with Gasteiger partial charge in [-0.25, -0.2) is 0 Å². The molecule has 1 saturated carbocycles. The minimum atomic E-state index is 0.0804. The molecule has 5 nitrogen and oxygen atoms in total. The maximum atomic E-state index is 8.52. The van der Waals surface area contributed by atoms with E-state index < -0.39 is 0 Å². The van der Waals surface area contributed by atoms with E-state index in [1.807, 2.05) is 6.92 Å². The van der Waals surface area contributed by atoms with E-state index in [2.05, 4.69) is 22.4 Å². The van der Waals surface area contributed by atoms with Gasteiger partial charge in [0, 0.05) is 31.6 Å². The minimum Gasteiger partial charge on any atom is -0.409 e. The minimum absolute atomic E-state index is 0.0804. The lowest BCUT2D eigenvalue weighted by Gasteiger charge is -2.24. The monoisotopic (exact) mass is 242 g/mol. The van der Waals surface area contributed by atoms with Gasteiger partial charge in [0.25, 0.3) is 0 Å². The lowest BCUT2D eigenvalue weighted by atomic mass is 10.1. The van der Waals surface area contributed by atoms with Gasteiger partial charge in [0.2, 0.25) is 0 Å². The van der Waals surface area contributed by atoms with Gasteiger partial charge in [-0.15, -0.1) is 0 Å². The van der Waals surface area contributed by atoms with E-state index in [0.29, 0.717) is 5.84 Å². The van der Waals surface area contributed by atoms with Crippen molar-refractivity contribution in [3.8, 4) is 0 Å². The third-order valence-electron chi connectivity index (χ3n) is 3.66. The highest BCUT2D eigenvalue weighted by molar-refractivity contribution is 5.82. The van der Waals surface area contributed by atoms with E-state index >= 15 is 0 Å². The lowest BCUT2D eigenvalue weighted by molar-refractivity contribution is 0.245. The van der Waals surface area contributed by atoms with E-state index in [4.69, 9.17) is 10.9 Å². The maximum Gasteiger partial charge on any atom is 0.143 e. The van der Waals surface area contributed by atoms with Gasteiger partial charge < -0.3 is 21.2 Å². The molecule has 0 bridgehead atoms. The van der Waals surface area contributed by atoms with Gasteiger partial charge in [-0.1, -0.05) is 24.9 Å². The second-order valence-electron chi connectivity index (χ2n) is 5.05. The van der Waals surface area contributed by atoms with Crippen LogP contribution in [0.1, 0.15) is 32.6 Å². The van der Waals surface area contributed by atoms with E-state index in [-0.39, 0.29) is 5.92 Å². The molecule has 0 saturated heterocycles. The molecule has 1 atom stereocenters. The molecular formula is C12H26N4O. The number of rotatable bonds is 7. The fraction of sp³-hybridized carbons (Fsp3) is 0.917. The second-order valence-corrected chi connectivity index (χ2v) is 5.05. The van der Waals surface area contributed by atoms with Gasteiger partial charge in [0.05, 0.1) is 0 Å².